The number of thioether (sulfide) groups is 1. The molecule has 0 aromatic heterocycles. The third-order valence-electron chi connectivity index (χ3n) is 2.12. The molecule has 0 aliphatic heterocycles. The fourth-order valence-corrected chi connectivity index (χ4v) is 2.21. The lowest BCUT2D eigenvalue weighted by molar-refractivity contribution is 0.623. The van der Waals surface area contributed by atoms with Crippen LogP contribution in [0.3, 0.4) is 0 Å². The summed E-state index contributed by atoms with van der Waals surface area (Å²) in [5.74, 6) is 0.716. The largest absolute Gasteiger partial charge is 0.327 e. The van der Waals surface area contributed by atoms with E-state index in [1.807, 2.05) is 17.8 Å². The van der Waals surface area contributed by atoms with E-state index in [1.54, 1.807) is 12.1 Å². The SMILES string of the molecule is CC(C)(C)SCC(N)Cc1cccc(F)c1. The van der Waals surface area contributed by atoms with Crippen molar-refractivity contribution in [3.05, 3.63) is 35.6 Å². The summed E-state index contributed by atoms with van der Waals surface area (Å²) in [5, 5.41) is 0. The van der Waals surface area contributed by atoms with Crippen molar-refractivity contribution in [1.82, 2.24) is 0 Å². The molecule has 3 heteroatoms. The summed E-state index contributed by atoms with van der Waals surface area (Å²) in [6.07, 6.45) is 0.737. The van der Waals surface area contributed by atoms with Crippen LogP contribution in [-0.2, 0) is 6.42 Å². The number of hydrogen-bond donors (Lipinski definition) is 1. The fraction of sp³-hybridized carbons (Fsp3) is 0.538. The topological polar surface area (TPSA) is 26.0 Å². The molecule has 1 aromatic rings. The molecular weight excluding hydrogens is 221 g/mol. The first-order chi connectivity index (χ1) is 7.37. The van der Waals surface area contributed by atoms with E-state index in [0.29, 0.717) is 0 Å². The fourth-order valence-electron chi connectivity index (χ4n) is 1.38. The zero-order valence-electron chi connectivity index (χ0n) is 10.2. The Morgan fingerprint density at radius 3 is 2.62 bits per heavy atom. The molecule has 0 radical (unpaired) electrons. The van der Waals surface area contributed by atoms with Gasteiger partial charge in [-0.1, -0.05) is 32.9 Å². The van der Waals surface area contributed by atoms with E-state index in [0.717, 1.165) is 17.7 Å². The van der Waals surface area contributed by atoms with Gasteiger partial charge in [0.2, 0.25) is 0 Å². The van der Waals surface area contributed by atoms with Crippen LogP contribution >= 0.6 is 11.8 Å². The molecule has 0 amide bonds. The van der Waals surface area contributed by atoms with Crippen molar-refractivity contribution in [3.8, 4) is 0 Å². The van der Waals surface area contributed by atoms with Crippen LogP contribution in [0.15, 0.2) is 24.3 Å². The molecular formula is C13H20FNS. The number of hydrogen-bond acceptors (Lipinski definition) is 2. The molecule has 0 saturated carbocycles. The van der Waals surface area contributed by atoms with Crippen molar-refractivity contribution in [2.45, 2.75) is 38.0 Å². The van der Waals surface area contributed by atoms with Crippen molar-refractivity contribution < 1.29 is 4.39 Å². The van der Waals surface area contributed by atoms with Crippen LogP contribution in [0.2, 0.25) is 0 Å². The molecule has 0 fully saturated rings. The van der Waals surface area contributed by atoms with Gasteiger partial charge in [-0.15, -0.1) is 0 Å². The van der Waals surface area contributed by atoms with E-state index in [-0.39, 0.29) is 16.6 Å². The molecule has 0 heterocycles. The standard InChI is InChI=1S/C13H20FNS/c1-13(2,3)16-9-12(15)8-10-5-4-6-11(14)7-10/h4-7,12H,8-9,15H2,1-3H3. The van der Waals surface area contributed by atoms with Crippen LogP contribution in [-0.4, -0.2) is 16.5 Å². The lowest BCUT2D eigenvalue weighted by Crippen LogP contribution is -2.27. The van der Waals surface area contributed by atoms with Crippen LogP contribution in [0.4, 0.5) is 4.39 Å². The summed E-state index contributed by atoms with van der Waals surface area (Å²) in [4.78, 5) is 0. The number of benzene rings is 1. The van der Waals surface area contributed by atoms with Crippen molar-refractivity contribution in [3.63, 3.8) is 0 Å². The van der Waals surface area contributed by atoms with Gasteiger partial charge in [-0.25, -0.2) is 4.39 Å². The highest BCUT2D eigenvalue weighted by Crippen LogP contribution is 2.24. The second kappa shape index (κ2) is 5.69. The second-order valence-corrected chi connectivity index (χ2v) is 6.86. The van der Waals surface area contributed by atoms with Gasteiger partial charge >= 0.3 is 0 Å². The van der Waals surface area contributed by atoms with Crippen LogP contribution in [0, 0.1) is 5.82 Å². The number of rotatable bonds is 4. The van der Waals surface area contributed by atoms with E-state index in [9.17, 15) is 4.39 Å². The zero-order chi connectivity index (χ0) is 12.2. The van der Waals surface area contributed by atoms with Gasteiger partial charge < -0.3 is 5.73 Å². The van der Waals surface area contributed by atoms with Gasteiger partial charge in [0.05, 0.1) is 0 Å². The minimum atomic E-state index is -0.187. The summed E-state index contributed by atoms with van der Waals surface area (Å²) in [6.45, 7) is 6.52. The van der Waals surface area contributed by atoms with Gasteiger partial charge in [-0.05, 0) is 24.1 Å². The Kier molecular flexibility index (Phi) is 4.81. The monoisotopic (exact) mass is 241 g/mol. The maximum atomic E-state index is 12.9. The minimum Gasteiger partial charge on any atom is -0.327 e. The molecule has 1 nitrogen and oxygen atoms in total. The first-order valence-corrected chi connectivity index (χ1v) is 6.49. The van der Waals surface area contributed by atoms with E-state index >= 15 is 0 Å². The lowest BCUT2D eigenvalue weighted by Gasteiger charge is -2.20. The summed E-state index contributed by atoms with van der Waals surface area (Å²) in [5.41, 5.74) is 6.99. The average Bonchev–Trinajstić information content (AvgIpc) is 2.14. The van der Waals surface area contributed by atoms with Gasteiger partial charge in [-0.3, -0.25) is 0 Å². The van der Waals surface area contributed by atoms with Gasteiger partial charge in [0.1, 0.15) is 5.82 Å². The lowest BCUT2D eigenvalue weighted by atomic mass is 10.1. The van der Waals surface area contributed by atoms with Crippen LogP contribution in [0.1, 0.15) is 26.3 Å². The third kappa shape index (κ3) is 5.52. The summed E-state index contributed by atoms with van der Waals surface area (Å²) >= 11 is 1.85. The van der Waals surface area contributed by atoms with Gasteiger partial charge in [-0.2, -0.15) is 11.8 Å². The quantitative estimate of drug-likeness (QED) is 0.876. The Morgan fingerprint density at radius 1 is 1.38 bits per heavy atom. The first-order valence-electron chi connectivity index (χ1n) is 5.51. The zero-order valence-corrected chi connectivity index (χ0v) is 11.0. The molecule has 0 bridgehead atoms. The number of nitrogens with two attached hydrogens (primary N) is 1. The van der Waals surface area contributed by atoms with Crippen molar-refractivity contribution in [1.29, 1.82) is 0 Å². The molecule has 0 saturated heterocycles. The predicted molar refractivity (Wildman–Crippen MR) is 70.3 cm³/mol. The molecule has 0 aliphatic carbocycles. The molecule has 1 unspecified atom stereocenters. The van der Waals surface area contributed by atoms with Crippen molar-refractivity contribution in [2.75, 3.05) is 5.75 Å². The maximum absolute atomic E-state index is 12.9. The first kappa shape index (κ1) is 13.5. The molecule has 1 aromatic carbocycles. The van der Waals surface area contributed by atoms with E-state index in [1.165, 1.54) is 6.07 Å². The molecule has 90 valence electrons. The Balaban J connectivity index is 2.43. The Hall–Kier alpha value is -0.540. The highest BCUT2D eigenvalue weighted by Gasteiger charge is 2.13. The normalized spacial score (nSPS) is 13.8. The minimum absolute atomic E-state index is 0.0889. The molecule has 1 atom stereocenters. The summed E-state index contributed by atoms with van der Waals surface area (Å²) in [7, 11) is 0. The second-order valence-electron chi connectivity index (χ2n) is 5.02. The third-order valence-corrected chi connectivity index (χ3v) is 3.58. The highest BCUT2D eigenvalue weighted by atomic mass is 32.2. The Bertz CT molecular complexity index is 333. The molecule has 2 N–H and O–H groups in total. The van der Waals surface area contributed by atoms with Crippen molar-refractivity contribution in [2.24, 2.45) is 5.73 Å². The van der Waals surface area contributed by atoms with Gasteiger partial charge in [0.15, 0.2) is 0 Å². The highest BCUT2D eigenvalue weighted by molar-refractivity contribution is 8.00. The summed E-state index contributed by atoms with van der Waals surface area (Å²) in [6, 6.07) is 6.76. The van der Waals surface area contributed by atoms with E-state index in [2.05, 4.69) is 20.8 Å². The molecule has 1 rings (SSSR count). The number of halogens is 1. The van der Waals surface area contributed by atoms with E-state index < -0.39 is 0 Å². The van der Waals surface area contributed by atoms with Gasteiger partial charge in [0.25, 0.3) is 0 Å². The van der Waals surface area contributed by atoms with Crippen LogP contribution in [0.25, 0.3) is 0 Å². The van der Waals surface area contributed by atoms with Crippen LogP contribution < -0.4 is 5.73 Å². The average molecular weight is 241 g/mol. The Morgan fingerprint density at radius 2 is 2.06 bits per heavy atom. The smallest absolute Gasteiger partial charge is 0.123 e. The maximum Gasteiger partial charge on any atom is 0.123 e. The predicted octanol–water partition coefficient (Wildman–Crippen LogP) is 3.23. The van der Waals surface area contributed by atoms with Gasteiger partial charge in [0, 0.05) is 16.5 Å². The molecule has 0 aliphatic rings. The Labute approximate surface area is 102 Å². The van der Waals surface area contributed by atoms with Crippen LogP contribution in [0.5, 0.6) is 0 Å². The van der Waals surface area contributed by atoms with E-state index in [4.69, 9.17) is 5.73 Å². The summed E-state index contributed by atoms with van der Waals surface area (Å²) < 4.78 is 13.2. The molecule has 0 spiro atoms. The molecule has 16 heavy (non-hydrogen) atoms. The van der Waals surface area contributed by atoms with Crippen molar-refractivity contribution >= 4 is 11.8 Å².